The van der Waals surface area contributed by atoms with Gasteiger partial charge in [0.25, 0.3) is 0 Å². The summed E-state index contributed by atoms with van der Waals surface area (Å²) in [5, 5.41) is 2.47. The molecule has 0 saturated carbocycles. The molecule has 7 heteroatoms. The van der Waals surface area contributed by atoms with Crippen LogP contribution in [0.15, 0.2) is 0 Å². The summed E-state index contributed by atoms with van der Waals surface area (Å²) in [6, 6.07) is 0. The summed E-state index contributed by atoms with van der Waals surface area (Å²) in [6.45, 7) is 8.50. The summed E-state index contributed by atoms with van der Waals surface area (Å²) in [6.07, 6.45) is 0.898. The van der Waals surface area contributed by atoms with Gasteiger partial charge in [-0.2, -0.15) is 0 Å². The van der Waals surface area contributed by atoms with Crippen LogP contribution in [0.5, 0.6) is 0 Å². The molecule has 7 nitrogen and oxygen atoms in total. The molecule has 0 fully saturated rings. The summed E-state index contributed by atoms with van der Waals surface area (Å²) in [5.41, 5.74) is 0. The monoisotopic (exact) mass is 323 g/mol. The van der Waals surface area contributed by atoms with Crippen molar-refractivity contribution in [1.82, 2.24) is 5.32 Å². The molecule has 0 aliphatic rings. The fourth-order valence-corrected chi connectivity index (χ4v) is 1.20. The Morgan fingerprint density at radius 2 is 1.23 bits per heavy atom. The summed E-state index contributed by atoms with van der Waals surface area (Å²) >= 11 is 0. The molecule has 0 bridgehead atoms. The standard InChI is InChI=1S/C13H27NO6.C2H6/c1-14-13(15)12-20-11-10-19-9-8-18-7-6-17-5-3-4-16-2;1-2/h3-12H2,1-2H3,(H,14,15);1-2H3. The van der Waals surface area contributed by atoms with E-state index in [1.165, 1.54) is 0 Å². The lowest BCUT2D eigenvalue weighted by Gasteiger charge is -2.07. The summed E-state index contributed by atoms with van der Waals surface area (Å²) < 4.78 is 25.9. The zero-order valence-electron chi connectivity index (χ0n) is 14.5. The first-order chi connectivity index (χ1) is 10.8. The fourth-order valence-electron chi connectivity index (χ4n) is 1.20. The van der Waals surface area contributed by atoms with E-state index in [4.69, 9.17) is 23.7 Å². The van der Waals surface area contributed by atoms with Crippen LogP contribution in [0.3, 0.4) is 0 Å². The van der Waals surface area contributed by atoms with E-state index in [9.17, 15) is 4.79 Å². The Balaban J connectivity index is 0. The van der Waals surface area contributed by atoms with Gasteiger partial charge in [0.1, 0.15) is 6.61 Å². The van der Waals surface area contributed by atoms with Gasteiger partial charge in [-0.3, -0.25) is 4.79 Å². The number of nitrogens with one attached hydrogen (secondary N) is 1. The largest absolute Gasteiger partial charge is 0.385 e. The normalized spacial score (nSPS) is 10.0. The first-order valence-corrected chi connectivity index (χ1v) is 7.81. The van der Waals surface area contributed by atoms with Gasteiger partial charge in [-0.1, -0.05) is 13.8 Å². The van der Waals surface area contributed by atoms with Crippen molar-refractivity contribution in [2.45, 2.75) is 20.3 Å². The van der Waals surface area contributed by atoms with E-state index >= 15 is 0 Å². The van der Waals surface area contributed by atoms with Gasteiger partial charge in [0.2, 0.25) is 5.91 Å². The van der Waals surface area contributed by atoms with E-state index in [1.54, 1.807) is 14.2 Å². The molecular formula is C15H33NO6. The van der Waals surface area contributed by atoms with Crippen molar-refractivity contribution < 1.29 is 28.5 Å². The van der Waals surface area contributed by atoms with Crippen molar-refractivity contribution in [3.05, 3.63) is 0 Å². The molecule has 0 aliphatic heterocycles. The summed E-state index contributed by atoms with van der Waals surface area (Å²) in [4.78, 5) is 10.8. The maximum absolute atomic E-state index is 10.8. The van der Waals surface area contributed by atoms with E-state index in [2.05, 4.69) is 5.32 Å². The van der Waals surface area contributed by atoms with Crippen LogP contribution in [-0.4, -0.2) is 79.5 Å². The molecule has 0 spiro atoms. The molecule has 0 aromatic heterocycles. The Morgan fingerprint density at radius 3 is 1.68 bits per heavy atom. The van der Waals surface area contributed by atoms with Gasteiger partial charge in [-0.25, -0.2) is 0 Å². The SMILES string of the molecule is CC.CNC(=O)COCCOCCOCCOCCCOC. The lowest BCUT2D eigenvalue weighted by atomic mass is 10.5. The second kappa shape index (κ2) is 22.5. The first-order valence-electron chi connectivity index (χ1n) is 7.81. The Kier molecular flexibility index (Phi) is 24.1. The van der Waals surface area contributed by atoms with Crippen molar-refractivity contribution in [3.63, 3.8) is 0 Å². The highest BCUT2D eigenvalue weighted by Gasteiger charge is 1.97. The average molecular weight is 323 g/mol. The summed E-state index contributed by atoms with van der Waals surface area (Å²) in [5.74, 6) is -0.140. The van der Waals surface area contributed by atoms with Crippen LogP contribution in [0.2, 0.25) is 0 Å². The van der Waals surface area contributed by atoms with E-state index in [1.807, 2.05) is 13.8 Å². The molecule has 0 aromatic carbocycles. The number of hydrogen-bond acceptors (Lipinski definition) is 6. The number of ether oxygens (including phenoxy) is 5. The van der Waals surface area contributed by atoms with E-state index in [0.717, 1.165) is 13.0 Å². The lowest BCUT2D eigenvalue weighted by Crippen LogP contribution is -2.24. The van der Waals surface area contributed by atoms with Crippen molar-refractivity contribution in [3.8, 4) is 0 Å². The van der Waals surface area contributed by atoms with Crippen molar-refractivity contribution in [2.75, 3.05) is 73.6 Å². The predicted molar refractivity (Wildman–Crippen MR) is 85.2 cm³/mol. The number of carbonyl (C=O) groups excluding carboxylic acids is 1. The summed E-state index contributed by atoms with van der Waals surface area (Å²) in [7, 11) is 3.24. The van der Waals surface area contributed by atoms with Gasteiger partial charge >= 0.3 is 0 Å². The third-order valence-corrected chi connectivity index (χ3v) is 2.27. The van der Waals surface area contributed by atoms with Gasteiger partial charge in [0, 0.05) is 27.4 Å². The molecule has 134 valence electrons. The van der Waals surface area contributed by atoms with E-state index < -0.39 is 0 Å². The Bertz CT molecular complexity index is 216. The zero-order chi connectivity index (χ0) is 16.9. The molecule has 0 atom stereocenters. The van der Waals surface area contributed by atoms with Gasteiger partial charge in [-0.05, 0) is 6.42 Å². The predicted octanol–water partition coefficient (Wildman–Crippen LogP) is 0.862. The maximum atomic E-state index is 10.8. The van der Waals surface area contributed by atoms with Crippen LogP contribution in [0.4, 0.5) is 0 Å². The van der Waals surface area contributed by atoms with Gasteiger partial charge in [0.15, 0.2) is 0 Å². The van der Waals surface area contributed by atoms with E-state index in [-0.39, 0.29) is 12.5 Å². The molecule has 22 heavy (non-hydrogen) atoms. The molecule has 0 saturated heterocycles. The number of methoxy groups -OCH3 is 1. The van der Waals surface area contributed by atoms with Crippen LogP contribution in [0, 0.1) is 0 Å². The first kappa shape index (κ1) is 23.5. The highest BCUT2D eigenvalue weighted by molar-refractivity contribution is 5.76. The smallest absolute Gasteiger partial charge is 0.245 e. The number of hydrogen-bond donors (Lipinski definition) is 1. The maximum Gasteiger partial charge on any atom is 0.245 e. The van der Waals surface area contributed by atoms with Gasteiger partial charge in [-0.15, -0.1) is 0 Å². The van der Waals surface area contributed by atoms with Crippen LogP contribution in [0.1, 0.15) is 20.3 Å². The molecule has 0 rings (SSSR count). The molecular weight excluding hydrogens is 290 g/mol. The van der Waals surface area contributed by atoms with Crippen molar-refractivity contribution in [1.29, 1.82) is 0 Å². The second-order valence-corrected chi connectivity index (χ2v) is 3.91. The Labute approximate surface area is 134 Å². The topological polar surface area (TPSA) is 75.3 Å². The molecule has 1 N–H and O–H groups in total. The van der Waals surface area contributed by atoms with Crippen LogP contribution < -0.4 is 5.32 Å². The number of carbonyl (C=O) groups is 1. The third-order valence-electron chi connectivity index (χ3n) is 2.27. The molecule has 1 amide bonds. The van der Waals surface area contributed by atoms with Crippen LogP contribution in [-0.2, 0) is 28.5 Å². The van der Waals surface area contributed by atoms with Gasteiger partial charge < -0.3 is 29.0 Å². The van der Waals surface area contributed by atoms with Crippen LogP contribution in [0.25, 0.3) is 0 Å². The minimum atomic E-state index is -0.140. The average Bonchev–Trinajstić information content (AvgIpc) is 2.56. The van der Waals surface area contributed by atoms with E-state index in [0.29, 0.717) is 46.2 Å². The van der Waals surface area contributed by atoms with Crippen LogP contribution >= 0.6 is 0 Å². The lowest BCUT2D eigenvalue weighted by molar-refractivity contribution is -0.125. The molecule has 0 heterocycles. The van der Waals surface area contributed by atoms with Crippen molar-refractivity contribution >= 4 is 5.91 Å². The molecule has 0 radical (unpaired) electrons. The molecule has 0 aromatic rings. The van der Waals surface area contributed by atoms with Gasteiger partial charge in [0.05, 0.1) is 39.6 Å². The quantitative estimate of drug-likeness (QED) is 0.451. The highest BCUT2D eigenvalue weighted by Crippen LogP contribution is 1.85. The highest BCUT2D eigenvalue weighted by atomic mass is 16.6. The minimum Gasteiger partial charge on any atom is -0.385 e. The van der Waals surface area contributed by atoms with Crippen molar-refractivity contribution in [2.24, 2.45) is 0 Å². The number of likely N-dealkylation sites (N-methyl/N-ethyl adjacent to an activating group) is 1. The molecule has 0 aliphatic carbocycles. The fraction of sp³-hybridized carbons (Fsp3) is 0.933. The Morgan fingerprint density at radius 1 is 0.773 bits per heavy atom. The second-order valence-electron chi connectivity index (χ2n) is 3.91. The minimum absolute atomic E-state index is 0.0662. The molecule has 0 unspecified atom stereocenters. The number of amides is 1. The number of rotatable bonds is 15. The third kappa shape index (κ3) is 21.6. The Hall–Kier alpha value is -0.730. The zero-order valence-corrected chi connectivity index (χ0v) is 14.5.